The molecule has 46 heavy (non-hydrogen) atoms. The Kier molecular flexibility index (Phi) is 7.73. The van der Waals surface area contributed by atoms with Crippen molar-refractivity contribution in [1.29, 1.82) is 0 Å². The third-order valence-corrected chi connectivity index (χ3v) is 10.7. The van der Waals surface area contributed by atoms with Gasteiger partial charge in [-0.15, -0.1) is 6.42 Å². The van der Waals surface area contributed by atoms with Gasteiger partial charge in [-0.2, -0.15) is 9.97 Å². The van der Waals surface area contributed by atoms with Gasteiger partial charge in [0.2, 0.25) is 0 Å². The van der Waals surface area contributed by atoms with Gasteiger partial charge in [0.15, 0.2) is 5.82 Å². The first-order valence-electron chi connectivity index (χ1n) is 16.2. The summed E-state index contributed by atoms with van der Waals surface area (Å²) in [5.74, 6) is 1.30. The number of ether oxygens (including phenoxy) is 1. The van der Waals surface area contributed by atoms with Crippen molar-refractivity contribution in [1.82, 2.24) is 19.9 Å². The van der Waals surface area contributed by atoms with E-state index in [1.54, 1.807) is 0 Å². The molecule has 3 atom stereocenters. The molecule has 0 bridgehead atoms. The first-order valence-corrected chi connectivity index (χ1v) is 16.2. The molecule has 1 saturated carbocycles. The number of nitrogens with zero attached hydrogens (tertiary/aromatic N) is 5. The highest BCUT2D eigenvalue weighted by atomic mass is 19.1. The van der Waals surface area contributed by atoms with Crippen LogP contribution in [0.4, 0.5) is 14.6 Å². The molecule has 2 aromatic carbocycles. The number of piperidine rings is 2. The molecule has 0 spiro atoms. The minimum absolute atomic E-state index is 0.00741. The zero-order chi connectivity index (χ0) is 32.2. The summed E-state index contributed by atoms with van der Waals surface area (Å²) in [6.45, 7) is 4.39. The molecule has 8 nitrogen and oxygen atoms in total. The monoisotopic (exact) mass is 627 g/mol. The number of phenolic OH excluding ortho intramolecular Hbond substituents is 1. The number of pyridine rings is 1. The molecule has 0 amide bonds. The Labute approximate surface area is 267 Å². The number of terminal acetylenes is 1. The maximum atomic E-state index is 16.8. The number of aromatic hydroxyl groups is 1. The van der Waals surface area contributed by atoms with Crippen LogP contribution in [-0.4, -0.2) is 75.0 Å². The highest BCUT2D eigenvalue weighted by Crippen LogP contribution is 2.48. The number of halogens is 2. The van der Waals surface area contributed by atoms with Crippen LogP contribution in [-0.2, 0) is 0 Å². The van der Waals surface area contributed by atoms with Crippen molar-refractivity contribution in [2.24, 2.45) is 5.41 Å². The molecule has 2 N–H and O–H groups in total. The minimum atomic E-state index is -0.901. The van der Waals surface area contributed by atoms with Gasteiger partial charge >= 0.3 is 6.01 Å². The number of β-amino-alcohol motifs (C(OH)–C–C–N with tert-alkyl or cyclic N) is 1. The number of fused-ring (bicyclic) bond motifs is 3. The van der Waals surface area contributed by atoms with E-state index >= 15 is 4.39 Å². The zero-order valence-corrected chi connectivity index (χ0v) is 26.3. The van der Waals surface area contributed by atoms with E-state index in [1.807, 2.05) is 11.8 Å². The fourth-order valence-electron chi connectivity index (χ4n) is 8.23. The van der Waals surface area contributed by atoms with Crippen molar-refractivity contribution in [2.75, 3.05) is 38.2 Å². The van der Waals surface area contributed by atoms with Gasteiger partial charge < -0.3 is 24.7 Å². The van der Waals surface area contributed by atoms with Crippen LogP contribution in [0.2, 0.25) is 0 Å². The van der Waals surface area contributed by atoms with Crippen molar-refractivity contribution in [3.63, 3.8) is 0 Å². The molecule has 3 aliphatic rings. The molecule has 7 rings (SSSR count). The quantitative estimate of drug-likeness (QED) is 0.244. The molecular formula is C36H39F2N5O3. The van der Waals surface area contributed by atoms with Gasteiger partial charge in [0.05, 0.1) is 23.2 Å². The molecule has 4 aromatic rings. The largest absolute Gasteiger partial charge is 0.508 e. The van der Waals surface area contributed by atoms with Crippen molar-refractivity contribution < 1.29 is 23.7 Å². The van der Waals surface area contributed by atoms with Gasteiger partial charge in [-0.3, -0.25) is 4.98 Å². The average molecular weight is 628 g/mol. The van der Waals surface area contributed by atoms with E-state index in [2.05, 4.69) is 27.8 Å². The summed E-state index contributed by atoms with van der Waals surface area (Å²) in [6, 6.07) is 5.98. The van der Waals surface area contributed by atoms with Crippen LogP contribution in [0.15, 0.2) is 30.5 Å². The van der Waals surface area contributed by atoms with Gasteiger partial charge in [-0.05, 0) is 82.1 Å². The number of aliphatic hydroxyl groups is 1. The van der Waals surface area contributed by atoms with Gasteiger partial charge in [-0.1, -0.05) is 25.3 Å². The predicted octanol–water partition coefficient (Wildman–Crippen LogP) is 6.19. The van der Waals surface area contributed by atoms with Gasteiger partial charge in [-0.25, -0.2) is 8.78 Å². The summed E-state index contributed by atoms with van der Waals surface area (Å²) in [4.78, 5) is 18.3. The number of phenols is 1. The van der Waals surface area contributed by atoms with E-state index in [-0.39, 0.29) is 44.9 Å². The van der Waals surface area contributed by atoms with E-state index in [4.69, 9.17) is 16.1 Å². The van der Waals surface area contributed by atoms with Crippen molar-refractivity contribution in [3.8, 4) is 35.4 Å². The highest BCUT2D eigenvalue weighted by Gasteiger charge is 2.47. The Morgan fingerprint density at radius 1 is 1.11 bits per heavy atom. The second kappa shape index (κ2) is 11.6. The van der Waals surface area contributed by atoms with E-state index in [0.29, 0.717) is 55.2 Å². The minimum Gasteiger partial charge on any atom is -0.508 e. The van der Waals surface area contributed by atoms with Gasteiger partial charge in [0, 0.05) is 41.7 Å². The average Bonchev–Trinajstić information content (AvgIpc) is 3.49. The van der Waals surface area contributed by atoms with Crippen LogP contribution in [0.25, 0.3) is 32.9 Å². The topological polar surface area (TPSA) is 94.8 Å². The number of hydrogen-bond acceptors (Lipinski definition) is 8. The van der Waals surface area contributed by atoms with Gasteiger partial charge in [0.25, 0.3) is 0 Å². The van der Waals surface area contributed by atoms with E-state index in [0.717, 1.165) is 45.1 Å². The molecule has 2 saturated heterocycles. The van der Waals surface area contributed by atoms with Crippen LogP contribution in [0.5, 0.6) is 11.8 Å². The SMILES string of the molecule is C#Cc1c(F)ccc2cc(O)cc(-c3ncc4c(N5CCC[C@](O)(CC)C5)nc(OC[C@]56CCC[C@H]5N(C)CCC6)nc4c3F)c12. The Bertz CT molecular complexity index is 1880. The number of likely N-dealkylation sites (tertiary alicyclic amines) is 1. The van der Waals surface area contributed by atoms with Crippen molar-refractivity contribution >= 4 is 27.5 Å². The molecule has 2 aromatic heterocycles. The lowest BCUT2D eigenvalue weighted by Crippen LogP contribution is -2.50. The third-order valence-electron chi connectivity index (χ3n) is 10.7. The zero-order valence-electron chi connectivity index (χ0n) is 26.3. The number of anilines is 1. The lowest BCUT2D eigenvalue weighted by Gasteiger charge is -2.44. The number of hydrogen-bond donors (Lipinski definition) is 2. The predicted molar refractivity (Wildman–Crippen MR) is 174 cm³/mol. The Morgan fingerprint density at radius 2 is 1.91 bits per heavy atom. The second-order valence-electron chi connectivity index (χ2n) is 13.4. The van der Waals surface area contributed by atoms with E-state index in [9.17, 15) is 14.6 Å². The summed E-state index contributed by atoms with van der Waals surface area (Å²) in [5.41, 5.74) is -0.944. The van der Waals surface area contributed by atoms with Crippen molar-refractivity contribution in [3.05, 3.63) is 47.7 Å². The molecule has 1 aliphatic carbocycles. The number of rotatable bonds is 6. The second-order valence-corrected chi connectivity index (χ2v) is 13.4. The number of aromatic nitrogens is 3. The fourth-order valence-corrected chi connectivity index (χ4v) is 8.23. The first kappa shape index (κ1) is 30.6. The number of benzene rings is 2. The first-order chi connectivity index (χ1) is 22.1. The summed E-state index contributed by atoms with van der Waals surface area (Å²) in [7, 11) is 2.17. The molecular weight excluding hydrogens is 588 g/mol. The molecule has 0 radical (unpaired) electrons. The lowest BCUT2D eigenvalue weighted by molar-refractivity contribution is 0.0131. The Morgan fingerprint density at radius 3 is 2.72 bits per heavy atom. The standard InChI is InChI=1S/C36H39F2N5O3/c1-4-24-27(37)11-10-22-17-23(44)18-25(29(22)24)31-30(38)32-26(19-39-31)33(43-16-8-14-36(45,5-2)20-43)41-34(40-32)46-21-35-12-6-9-28(35)42(3)15-7-13-35/h1,10-11,17-19,28,44-45H,5-9,12-16,20-21H2,2-3H3/t28-,35-,36-/m1/s1. The molecule has 2 aliphatic heterocycles. The Balaban J connectivity index is 1.38. The summed E-state index contributed by atoms with van der Waals surface area (Å²) in [5, 5.41) is 22.9. The van der Waals surface area contributed by atoms with Crippen LogP contribution < -0.4 is 9.64 Å². The van der Waals surface area contributed by atoms with Crippen LogP contribution >= 0.6 is 0 Å². The van der Waals surface area contributed by atoms with Gasteiger partial charge in [0.1, 0.15) is 28.6 Å². The maximum absolute atomic E-state index is 16.8. The van der Waals surface area contributed by atoms with E-state index < -0.39 is 17.2 Å². The summed E-state index contributed by atoms with van der Waals surface area (Å²) >= 11 is 0. The van der Waals surface area contributed by atoms with Crippen molar-refractivity contribution in [2.45, 2.75) is 69.9 Å². The Hall–Kier alpha value is -4.07. The molecule has 3 fully saturated rings. The molecule has 10 heteroatoms. The molecule has 240 valence electrons. The molecule has 0 unspecified atom stereocenters. The smallest absolute Gasteiger partial charge is 0.319 e. The fraction of sp³-hybridized carbons (Fsp3) is 0.472. The molecule has 4 heterocycles. The van der Waals surface area contributed by atoms with E-state index in [1.165, 1.54) is 30.5 Å². The highest BCUT2D eigenvalue weighted by molar-refractivity contribution is 6.03. The van der Waals surface area contributed by atoms with Crippen LogP contribution in [0.3, 0.4) is 0 Å². The maximum Gasteiger partial charge on any atom is 0.319 e. The van der Waals surface area contributed by atoms with Crippen LogP contribution in [0, 0.1) is 29.4 Å². The van der Waals surface area contributed by atoms with Crippen LogP contribution in [0.1, 0.15) is 63.9 Å². The summed E-state index contributed by atoms with van der Waals surface area (Å²) in [6.07, 6.45) is 14.6. The third kappa shape index (κ3) is 5.10. The normalized spacial score (nSPS) is 25.1. The summed E-state index contributed by atoms with van der Waals surface area (Å²) < 4.78 is 38.1. The lowest BCUT2D eigenvalue weighted by atomic mass is 9.76.